The predicted molar refractivity (Wildman–Crippen MR) is 494 cm³/mol. The molecule has 0 aliphatic carbocycles. The number of hydrogen-bond donors (Lipinski definition) is 0. The van der Waals surface area contributed by atoms with Crippen LogP contribution in [0.5, 0.6) is 0 Å². The van der Waals surface area contributed by atoms with Crippen molar-refractivity contribution in [3.8, 4) is 118 Å². The first kappa shape index (κ1) is 81.1. The maximum Gasteiger partial charge on any atom is 2.00 e. The Morgan fingerprint density at radius 2 is 0.603 bits per heavy atom. The average molecular weight is 2160 g/mol. The van der Waals surface area contributed by atoms with Crippen LogP contribution in [-0.4, -0.2) is 72.3 Å². The molecule has 606 valence electrons. The van der Waals surface area contributed by atoms with Gasteiger partial charge >= 0.3 is 63.2 Å². The van der Waals surface area contributed by atoms with Crippen molar-refractivity contribution < 1.29 is 63.2 Å². The van der Waals surface area contributed by atoms with E-state index in [1.807, 2.05) is 147 Å². The van der Waals surface area contributed by atoms with Crippen LogP contribution in [0.15, 0.2) is 365 Å². The third-order valence-electron chi connectivity index (χ3n) is 23.0. The molecule has 18 heteroatoms. The molecule has 126 heavy (non-hydrogen) atoms. The molecule has 0 radical (unpaired) electrons. The Labute approximate surface area is 768 Å². The van der Waals surface area contributed by atoms with Crippen molar-refractivity contribution in [1.29, 1.82) is 0 Å². The van der Waals surface area contributed by atoms with Crippen molar-refractivity contribution in [2.45, 2.75) is 0 Å². The summed E-state index contributed by atoms with van der Waals surface area (Å²) in [5, 5.41) is 6.94. The van der Waals surface area contributed by atoms with Crippen molar-refractivity contribution in [3.63, 3.8) is 0 Å². The fraction of sp³-hybridized carbons (Fsp3) is 0.0278. The zero-order valence-corrected chi connectivity index (χ0v) is 74.6. The van der Waals surface area contributed by atoms with Crippen LogP contribution >= 0.6 is 0 Å². The van der Waals surface area contributed by atoms with Gasteiger partial charge in [-0.05, 0) is 198 Å². The van der Waals surface area contributed by atoms with Crippen LogP contribution in [0.2, 0.25) is 0 Å². The minimum atomic E-state index is 0. The number of para-hydroxylation sites is 4. The number of pyridine rings is 6. The number of fused-ring (bicyclic) bond motifs is 12. The van der Waals surface area contributed by atoms with E-state index in [0.717, 1.165) is 201 Å². The van der Waals surface area contributed by atoms with Crippen molar-refractivity contribution in [1.82, 2.24) is 72.3 Å². The summed E-state index contributed by atoms with van der Waals surface area (Å²) in [4.78, 5) is 41.3. The standard InChI is InChI=1S/3C36H23N5.3Pt/c1-40-35-28(24-17-20-37-21-18-24)11-7-13-32(35)39-36(40)26-15-16-30-29-10-2-3-14-33(29)41(34(30)23-26)27-9-6-8-25(22-27)31-12-4-5-19-38-31;1-40-34-15-13-25(24-16-19-37-20-17-24)22-32(34)39-36(40)27-12-14-30-29-9-2-3-11-33(29)41(35(30)23-27)28-8-6-7-26(21-28)31-10-4-5-18-38-31;1-40-35-22-25(24-16-19-37-20-17-24)13-15-32(35)39-36(40)27-12-14-30-29-9-2-3-11-33(29)41(34(30)23-27)28-8-6-7-26(21-28)31-10-4-5-18-38-31;;;/h2-21H,1H3;2*2-20,22H,1H3;;;/q3*-2;3*+2. The summed E-state index contributed by atoms with van der Waals surface area (Å²) in [6, 6.07) is 128. The second-order valence-electron chi connectivity index (χ2n) is 30.2. The number of aryl methyl sites for hydroxylation is 3. The molecule has 12 aromatic heterocycles. The number of imidazole rings is 3. The monoisotopic (exact) mass is 2160 g/mol. The van der Waals surface area contributed by atoms with Gasteiger partial charge in [0.05, 0.1) is 50.6 Å². The van der Waals surface area contributed by atoms with E-state index in [-0.39, 0.29) is 63.2 Å². The Kier molecular flexibility index (Phi) is 22.3. The fourth-order valence-corrected chi connectivity index (χ4v) is 17.2. The van der Waals surface area contributed by atoms with E-state index in [9.17, 15) is 0 Å². The molecule has 0 amide bonds. The molecule has 0 spiro atoms. The molecular weight excluding hydrogens is 2090 g/mol. The molecule has 0 atom stereocenters. The molecule has 12 heterocycles. The Morgan fingerprint density at radius 3 is 1.04 bits per heavy atom. The van der Waals surface area contributed by atoms with Crippen molar-refractivity contribution in [2.24, 2.45) is 21.1 Å². The molecule has 0 saturated heterocycles. The first-order valence-electron chi connectivity index (χ1n) is 40.5. The Hall–Kier alpha value is -14.6. The SMILES string of the molecule is Cn1c(-c2[c-]c3c(cc2)c2ccccc2n3-c2[c-]c(-c3ccccn3)ccc2)nc2cc(-c3ccncc3)ccc21.Cn1c(-c2[c-]c3c(cc2)c2ccccc2n3-c2[c-]c(-c3ccccn3)ccc2)nc2ccc(-c3ccncc3)cc21.Cn1c(-c2[c-]c3c(cc2)c2ccccc2n3-c2[c-]c(-c3ccccn3)ccc2)nc2cccc(-c3ccncc3)c21.[Pt+2].[Pt+2].[Pt+2]. The summed E-state index contributed by atoms with van der Waals surface area (Å²) in [6.45, 7) is 0. The number of benzene rings is 12. The van der Waals surface area contributed by atoms with E-state index in [1.54, 1.807) is 0 Å². The van der Waals surface area contributed by atoms with Gasteiger partial charge in [-0.3, -0.25) is 29.9 Å². The number of nitrogens with zero attached hydrogens (tertiary/aromatic N) is 15. The van der Waals surface area contributed by atoms with Crippen molar-refractivity contribution >= 4 is 98.5 Å². The van der Waals surface area contributed by atoms with Gasteiger partial charge in [0.2, 0.25) is 0 Å². The summed E-state index contributed by atoms with van der Waals surface area (Å²) >= 11 is 0. The van der Waals surface area contributed by atoms with Gasteiger partial charge in [0.1, 0.15) is 0 Å². The van der Waals surface area contributed by atoms with Crippen LogP contribution < -0.4 is 0 Å². The van der Waals surface area contributed by atoms with Crippen LogP contribution in [-0.2, 0) is 84.3 Å². The minimum Gasteiger partial charge on any atom is -0.367 e. The van der Waals surface area contributed by atoms with Gasteiger partial charge in [0.15, 0.2) is 0 Å². The summed E-state index contributed by atoms with van der Waals surface area (Å²) in [6.07, 6.45) is 16.4. The van der Waals surface area contributed by atoms with Crippen molar-refractivity contribution in [3.05, 3.63) is 402 Å². The topological polar surface area (TPSA) is 146 Å². The summed E-state index contributed by atoms with van der Waals surface area (Å²) in [5.74, 6) is 2.61. The molecule has 0 aliphatic rings. The quantitative estimate of drug-likeness (QED) is 0.109. The van der Waals surface area contributed by atoms with Crippen LogP contribution in [0.4, 0.5) is 0 Å². The molecule has 12 aromatic carbocycles. The van der Waals surface area contributed by atoms with Crippen LogP contribution in [0.25, 0.3) is 217 Å². The van der Waals surface area contributed by atoms with Gasteiger partial charge in [-0.15, -0.1) is 161 Å². The van der Waals surface area contributed by atoms with Gasteiger partial charge in [-0.1, -0.05) is 131 Å². The average Bonchev–Trinajstić information content (AvgIpc) is 1.59. The fourth-order valence-electron chi connectivity index (χ4n) is 17.2. The normalized spacial score (nSPS) is 11.3. The van der Waals surface area contributed by atoms with E-state index >= 15 is 0 Å². The Morgan fingerprint density at radius 1 is 0.230 bits per heavy atom. The summed E-state index contributed by atoms with van der Waals surface area (Å²) in [7, 11) is 6.21. The minimum absolute atomic E-state index is 0. The number of aromatic nitrogens is 15. The molecule has 15 nitrogen and oxygen atoms in total. The maximum absolute atomic E-state index is 5.08. The van der Waals surface area contributed by atoms with Crippen molar-refractivity contribution in [2.75, 3.05) is 0 Å². The first-order valence-corrected chi connectivity index (χ1v) is 40.5. The predicted octanol–water partition coefficient (Wildman–Crippen LogP) is 24.2. The molecule has 0 fully saturated rings. The zero-order chi connectivity index (χ0) is 82.0. The van der Waals surface area contributed by atoms with E-state index in [0.29, 0.717) is 0 Å². The van der Waals surface area contributed by atoms with Gasteiger partial charge < -0.3 is 42.4 Å². The second-order valence-corrected chi connectivity index (χ2v) is 30.2. The largest absolute Gasteiger partial charge is 2.00 e. The summed E-state index contributed by atoms with van der Waals surface area (Å²) < 4.78 is 13.2. The molecule has 0 N–H and O–H groups in total. The summed E-state index contributed by atoms with van der Waals surface area (Å²) in [5.41, 5.74) is 30.3. The van der Waals surface area contributed by atoms with Crippen LogP contribution in [0.3, 0.4) is 0 Å². The van der Waals surface area contributed by atoms with Gasteiger partial charge in [-0.2, -0.15) is 0 Å². The Balaban J connectivity index is 0.000000122. The molecule has 24 aromatic rings. The molecule has 24 rings (SSSR count). The molecule has 0 bridgehead atoms. The van der Waals surface area contributed by atoms with E-state index < -0.39 is 0 Å². The smallest absolute Gasteiger partial charge is 0.367 e. The molecule has 0 aliphatic heterocycles. The van der Waals surface area contributed by atoms with Gasteiger partial charge in [0, 0.05) is 99.0 Å². The Bertz CT molecular complexity index is 7970. The first-order chi connectivity index (χ1) is 60.7. The van der Waals surface area contributed by atoms with Crippen LogP contribution in [0, 0.1) is 36.4 Å². The van der Waals surface area contributed by atoms with E-state index in [4.69, 9.17) is 15.0 Å². The maximum atomic E-state index is 5.08. The van der Waals surface area contributed by atoms with E-state index in [2.05, 4.69) is 333 Å². The number of rotatable bonds is 12. The van der Waals surface area contributed by atoms with E-state index in [1.165, 1.54) is 16.2 Å². The van der Waals surface area contributed by atoms with Crippen LogP contribution in [0.1, 0.15) is 0 Å². The zero-order valence-electron chi connectivity index (χ0n) is 67.8. The second kappa shape index (κ2) is 34.6. The molecular formula is C108H69N15Pt3. The molecule has 0 saturated carbocycles. The van der Waals surface area contributed by atoms with Gasteiger partial charge in [-0.25, -0.2) is 0 Å². The third-order valence-corrected chi connectivity index (χ3v) is 23.0. The van der Waals surface area contributed by atoms with Gasteiger partial charge in [0.25, 0.3) is 0 Å². The number of hydrogen-bond acceptors (Lipinski definition) is 9. The third kappa shape index (κ3) is 14.7. The molecule has 0 unspecified atom stereocenters.